The summed E-state index contributed by atoms with van der Waals surface area (Å²) in [6, 6.07) is 1.62. The maximum Gasteiger partial charge on any atom is 0.340 e. The minimum Gasteiger partial charge on any atom is -0.465 e. The van der Waals surface area contributed by atoms with E-state index in [1.54, 1.807) is 18.5 Å². The van der Waals surface area contributed by atoms with Crippen LogP contribution < -0.4 is 5.32 Å². The number of esters is 1. The number of nitrogens with zero attached hydrogens (tertiary/aromatic N) is 4. The lowest BCUT2D eigenvalue weighted by molar-refractivity contribution is 0.0602. The van der Waals surface area contributed by atoms with Crippen LogP contribution in [0.4, 0.5) is 11.4 Å². The molecule has 0 bridgehead atoms. The molecule has 2 aromatic rings. The van der Waals surface area contributed by atoms with E-state index in [9.17, 15) is 4.79 Å². The van der Waals surface area contributed by atoms with Crippen molar-refractivity contribution in [2.45, 2.75) is 13.5 Å². The van der Waals surface area contributed by atoms with Crippen LogP contribution in [0.1, 0.15) is 16.1 Å². The Morgan fingerprint density at radius 3 is 2.86 bits per heavy atom. The molecule has 0 saturated carbocycles. The summed E-state index contributed by atoms with van der Waals surface area (Å²) in [6.07, 6.45) is 5.08. The van der Waals surface area contributed by atoms with Crippen molar-refractivity contribution in [1.29, 1.82) is 0 Å². The highest BCUT2D eigenvalue weighted by atomic mass is 16.5. The number of ether oxygens (including phenoxy) is 1. The summed E-state index contributed by atoms with van der Waals surface area (Å²) in [5.41, 5.74) is 2.75. The zero-order chi connectivity index (χ0) is 16.1. The molecule has 2 heterocycles. The molecular formula is C15H21N5O2. The standard InChI is InChI=1S/C15H21N5O2/c1-11-14(10-20(18-11)8-7-19(2)3)17-13-9-16-6-5-12(13)15(21)22-4/h5-6,9-10,17H,7-8H2,1-4H3. The summed E-state index contributed by atoms with van der Waals surface area (Å²) in [5.74, 6) is -0.400. The molecule has 7 nitrogen and oxygen atoms in total. The topological polar surface area (TPSA) is 72.3 Å². The zero-order valence-corrected chi connectivity index (χ0v) is 13.3. The number of hydrogen-bond donors (Lipinski definition) is 1. The van der Waals surface area contributed by atoms with Gasteiger partial charge in [-0.2, -0.15) is 5.10 Å². The van der Waals surface area contributed by atoms with Gasteiger partial charge in [0, 0.05) is 18.9 Å². The molecular weight excluding hydrogens is 282 g/mol. The molecule has 0 fully saturated rings. The van der Waals surface area contributed by atoms with Gasteiger partial charge in [0.1, 0.15) is 0 Å². The minimum atomic E-state index is -0.400. The van der Waals surface area contributed by atoms with Gasteiger partial charge in [-0.1, -0.05) is 0 Å². The molecule has 0 amide bonds. The van der Waals surface area contributed by atoms with Gasteiger partial charge < -0.3 is 15.0 Å². The first-order valence-corrected chi connectivity index (χ1v) is 6.99. The highest BCUT2D eigenvalue weighted by Crippen LogP contribution is 2.22. The van der Waals surface area contributed by atoms with Crippen LogP contribution in [0.3, 0.4) is 0 Å². The Hall–Kier alpha value is -2.41. The lowest BCUT2D eigenvalue weighted by atomic mass is 10.2. The van der Waals surface area contributed by atoms with E-state index in [1.165, 1.54) is 7.11 Å². The molecule has 0 unspecified atom stereocenters. The lowest BCUT2D eigenvalue weighted by Gasteiger charge is -2.09. The van der Waals surface area contributed by atoms with Gasteiger partial charge in [-0.15, -0.1) is 0 Å². The molecule has 22 heavy (non-hydrogen) atoms. The maximum atomic E-state index is 11.8. The number of hydrogen-bond acceptors (Lipinski definition) is 6. The number of carbonyl (C=O) groups excluding carboxylic acids is 1. The summed E-state index contributed by atoms with van der Waals surface area (Å²) in [6.45, 7) is 3.62. The number of aromatic nitrogens is 3. The van der Waals surface area contributed by atoms with E-state index in [-0.39, 0.29) is 0 Å². The molecule has 118 valence electrons. The van der Waals surface area contributed by atoms with E-state index in [0.717, 1.165) is 24.5 Å². The average Bonchev–Trinajstić information content (AvgIpc) is 2.85. The monoisotopic (exact) mass is 303 g/mol. The van der Waals surface area contributed by atoms with Crippen LogP contribution in [-0.4, -0.2) is 53.4 Å². The molecule has 0 spiro atoms. The van der Waals surface area contributed by atoms with Crippen molar-refractivity contribution in [2.24, 2.45) is 0 Å². The smallest absolute Gasteiger partial charge is 0.340 e. The highest BCUT2D eigenvalue weighted by Gasteiger charge is 2.13. The fourth-order valence-corrected chi connectivity index (χ4v) is 1.98. The Morgan fingerprint density at radius 1 is 1.41 bits per heavy atom. The van der Waals surface area contributed by atoms with Crippen LogP contribution in [0.2, 0.25) is 0 Å². The number of aryl methyl sites for hydroxylation is 1. The van der Waals surface area contributed by atoms with Crippen LogP contribution in [0, 0.1) is 6.92 Å². The predicted molar refractivity (Wildman–Crippen MR) is 84.4 cm³/mol. The van der Waals surface area contributed by atoms with Crippen LogP contribution in [0.25, 0.3) is 0 Å². The molecule has 0 aliphatic rings. The quantitative estimate of drug-likeness (QED) is 0.819. The largest absolute Gasteiger partial charge is 0.465 e. The predicted octanol–water partition coefficient (Wildman–Crippen LogP) is 1.68. The van der Waals surface area contributed by atoms with Crippen LogP contribution in [0.5, 0.6) is 0 Å². The number of nitrogens with one attached hydrogen (secondary N) is 1. The number of carbonyl (C=O) groups is 1. The molecule has 0 atom stereocenters. The van der Waals surface area contributed by atoms with Crippen molar-refractivity contribution in [3.8, 4) is 0 Å². The van der Waals surface area contributed by atoms with Gasteiger partial charge in [0.15, 0.2) is 0 Å². The Balaban J connectivity index is 2.19. The van der Waals surface area contributed by atoms with Gasteiger partial charge in [-0.25, -0.2) is 4.79 Å². The number of methoxy groups -OCH3 is 1. The molecule has 7 heteroatoms. The number of likely N-dealkylation sites (N-methyl/N-ethyl adjacent to an activating group) is 1. The number of anilines is 2. The second-order valence-corrected chi connectivity index (χ2v) is 5.23. The SMILES string of the molecule is COC(=O)c1ccncc1Nc1cn(CCN(C)C)nc1C. The molecule has 2 aromatic heterocycles. The maximum absolute atomic E-state index is 11.8. The van der Waals surface area contributed by atoms with Crippen molar-refractivity contribution in [1.82, 2.24) is 19.7 Å². The second-order valence-electron chi connectivity index (χ2n) is 5.23. The van der Waals surface area contributed by atoms with Gasteiger partial charge in [0.05, 0.1) is 42.5 Å². The summed E-state index contributed by atoms with van der Waals surface area (Å²) < 4.78 is 6.66. The van der Waals surface area contributed by atoms with Gasteiger partial charge >= 0.3 is 5.97 Å². The van der Waals surface area contributed by atoms with Crippen molar-refractivity contribution >= 4 is 17.3 Å². The van der Waals surface area contributed by atoms with Crippen molar-refractivity contribution < 1.29 is 9.53 Å². The Kier molecular flexibility index (Phi) is 5.11. The normalized spacial score (nSPS) is 10.8. The molecule has 0 aromatic carbocycles. The molecule has 0 aliphatic carbocycles. The lowest BCUT2D eigenvalue weighted by Crippen LogP contribution is -2.18. The second kappa shape index (κ2) is 7.04. The van der Waals surface area contributed by atoms with Crippen LogP contribution in [0.15, 0.2) is 24.7 Å². The third kappa shape index (κ3) is 3.82. The third-order valence-electron chi connectivity index (χ3n) is 3.22. The van der Waals surface area contributed by atoms with Gasteiger partial charge in [-0.05, 0) is 27.1 Å². The van der Waals surface area contributed by atoms with Crippen LogP contribution >= 0.6 is 0 Å². The molecule has 0 radical (unpaired) electrons. The van der Waals surface area contributed by atoms with Gasteiger partial charge in [0.2, 0.25) is 0 Å². The Bertz CT molecular complexity index is 651. The van der Waals surface area contributed by atoms with Gasteiger partial charge in [-0.3, -0.25) is 9.67 Å². The van der Waals surface area contributed by atoms with Crippen molar-refractivity contribution in [2.75, 3.05) is 33.1 Å². The van der Waals surface area contributed by atoms with Gasteiger partial charge in [0.25, 0.3) is 0 Å². The molecule has 0 saturated heterocycles. The Morgan fingerprint density at radius 2 is 2.18 bits per heavy atom. The fourth-order valence-electron chi connectivity index (χ4n) is 1.98. The van der Waals surface area contributed by atoms with E-state index < -0.39 is 5.97 Å². The zero-order valence-electron chi connectivity index (χ0n) is 13.3. The van der Waals surface area contributed by atoms with E-state index >= 15 is 0 Å². The number of pyridine rings is 1. The molecule has 1 N–H and O–H groups in total. The summed E-state index contributed by atoms with van der Waals surface area (Å²) in [4.78, 5) is 17.9. The van der Waals surface area contributed by atoms with E-state index in [0.29, 0.717) is 11.3 Å². The first-order valence-electron chi connectivity index (χ1n) is 6.99. The van der Waals surface area contributed by atoms with Crippen molar-refractivity contribution in [3.05, 3.63) is 35.9 Å². The summed E-state index contributed by atoms with van der Waals surface area (Å²) >= 11 is 0. The fraction of sp³-hybridized carbons (Fsp3) is 0.400. The average molecular weight is 303 g/mol. The highest BCUT2D eigenvalue weighted by molar-refractivity contribution is 5.96. The first-order chi connectivity index (χ1) is 10.5. The van der Waals surface area contributed by atoms with Crippen LogP contribution in [-0.2, 0) is 11.3 Å². The van der Waals surface area contributed by atoms with E-state index in [2.05, 4.69) is 20.3 Å². The Labute approximate surface area is 129 Å². The van der Waals surface area contributed by atoms with E-state index in [1.807, 2.05) is 31.9 Å². The summed E-state index contributed by atoms with van der Waals surface area (Å²) in [5, 5.41) is 7.67. The van der Waals surface area contributed by atoms with Crippen molar-refractivity contribution in [3.63, 3.8) is 0 Å². The minimum absolute atomic E-state index is 0.400. The molecule has 2 rings (SSSR count). The third-order valence-corrected chi connectivity index (χ3v) is 3.22. The molecule has 0 aliphatic heterocycles. The first kappa shape index (κ1) is 16.0. The van der Waals surface area contributed by atoms with E-state index in [4.69, 9.17) is 4.74 Å². The number of rotatable bonds is 6. The summed E-state index contributed by atoms with van der Waals surface area (Å²) in [7, 11) is 5.40.